The molecule has 1 amide bonds. The first-order valence-corrected chi connectivity index (χ1v) is 6.85. The highest BCUT2D eigenvalue weighted by atomic mass is 19.1. The molecule has 1 fully saturated rings. The molecule has 20 heavy (non-hydrogen) atoms. The third-order valence-corrected chi connectivity index (χ3v) is 3.94. The second kappa shape index (κ2) is 5.75. The van der Waals surface area contributed by atoms with E-state index in [0.717, 1.165) is 25.7 Å². The van der Waals surface area contributed by atoms with E-state index in [2.05, 4.69) is 29.6 Å². The summed E-state index contributed by atoms with van der Waals surface area (Å²) in [5.74, 6) is 3.90. The van der Waals surface area contributed by atoms with Crippen LogP contribution >= 0.6 is 0 Å². The molecule has 0 atom stereocenters. The molecule has 4 N–H and O–H groups in total. The van der Waals surface area contributed by atoms with Crippen LogP contribution in [0.15, 0.2) is 12.3 Å². The quantitative estimate of drug-likeness (QED) is 0.586. The highest BCUT2D eigenvalue weighted by molar-refractivity contribution is 5.95. The van der Waals surface area contributed by atoms with Crippen molar-refractivity contribution in [3.8, 4) is 0 Å². The SMILES string of the molecule is CC1(C)CCC(NC(=O)c2ccnc(NN)c2F)CC1. The minimum Gasteiger partial charge on any atom is -0.349 e. The van der Waals surface area contributed by atoms with Crippen molar-refractivity contribution in [1.82, 2.24) is 10.3 Å². The Morgan fingerprint density at radius 1 is 1.45 bits per heavy atom. The highest BCUT2D eigenvalue weighted by Gasteiger charge is 2.28. The van der Waals surface area contributed by atoms with Gasteiger partial charge in [-0.3, -0.25) is 4.79 Å². The summed E-state index contributed by atoms with van der Waals surface area (Å²) in [6.07, 6.45) is 5.33. The highest BCUT2D eigenvalue weighted by Crippen LogP contribution is 2.35. The minimum absolute atomic E-state index is 0.0298. The fourth-order valence-corrected chi connectivity index (χ4v) is 2.53. The van der Waals surface area contributed by atoms with E-state index < -0.39 is 11.7 Å². The molecule has 2 rings (SSSR count). The molecule has 1 saturated carbocycles. The molecule has 5 nitrogen and oxygen atoms in total. The molecule has 1 aliphatic carbocycles. The number of aromatic nitrogens is 1. The molecule has 1 aromatic heterocycles. The van der Waals surface area contributed by atoms with Crippen molar-refractivity contribution in [2.45, 2.75) is 45.6 Å². The van der Waals surface area contributed by atoms with Crippen molar-refractivity contribution in [3.63, 3.8) is 0 Å². The summed E-state index contributed by atoms with van der Waals surface area (Å²) < 4.78 is 13.9. The minimum atomic E-state index is -0.719. The molecule has 0 aromatic carbocycles. The molecule has 0 unspecified atom stereocenters. The topological polar surface area (TPSA) is 80.0 Å². The van der Waals surface area contributed by atoms with Crippen LogP contribution in [0.25, 0.3) is 0 Å². The van der Waals surface area contributed by atoms with Crippen LogP contribution < -0.4 is 16.6 Å². The zero-order valence-corrected chi connectivity index (χ0v) is 11.9. The van der Waals surface area contributed by atoms with Crippen LogP contribution in [0.3, 0.4) is 0 Å². The smallest absolute Gasteiger partial charge is 0.254 e. The maximum atomic E-state index is 13.9. The van der Waals surface area contributed by atoms with E-state index in [9.17, 15) is 9.18 Å². The zero-order chi connectivity index (χ0) is 14.8. The molecule has 0 radical (unpaired) electrons. The van der Waals surface area contributed by atoms with E-state index in [0.29, 0.717) is 5.41 Å². The third kappa shape index (κ3) is 3.25. The van der Waals surface area contributed by atoms with Gasteiger partial charge >= 0.3 is 0 Å². The number of hydrazine groups is 1. The third-order valence-electron chi connectivity index (χ3n) is 3.94. The van der Waals surface area contributed by atoms with Gasteiger partial charge in [-0.1, -0.05) is 13.8 Å². The number of carbonyl (C=O) groups excluding carboxylic acids is 1. The Kier molecular flexibility index (Phi) is 4.23. The van der Waals surface area contributed by atoms with Crippen molar-refractivity contribution in [1.29, 1.82) is 0 Å². The molecular weight excluding hydrogens is 259 g/mol. The summed E-state index contributed by atoms with van der Waals surface area (Å²) >= 11 is 0. The number of hydrogen-bond acceptors (Lipinski definition) is 4. The fourth-order valence-electron chi connectivity index (χ4n) is 2.53. The lowest BCUT2D eigenvalue weighted by Crippen LogP contribution is -2.39. The molecule has 1 aromatic rings. The zero-order valence-electron chi connectivity index (χ0n) is 11.9. The molecule has 6 heteroatoms. The summed E-state index contributed by atoms with van der Waals surface area (Å²) in [6, 6.07) is 1.47. The van der Waals surface area contributed by atoms with Gasteiger partial charge < -0.3 is 10.7 Å². The van der Waals surface area contributed by atoms with Crippen molar-refractivity contribution in [2.75, 3.05) is 5.43 Å². The maximum absolute atomic E-state index is 13.9. The van der Waals surface area contributed by atoms with Crippen LogP contribution in [0.5, 0.6) is 0 Å². The average molecular weight is 280 g/mol. The molecule has 0 aliphatic heterocycles. The number of hydrogen-bond donors (Lipinski definition) is 3. The Morgan fingerprint density at radius 2 is 2.10 bits per heavy atom. The first-order valence-electron chi connectivity index (χ1n) is 6.85. The van der Waals surface area contributed by atoms with Crippen LogP contribution in [-0.4, -0.2) is 16.9 Å². The average Bonchev–Trinajstić information content (AvgIpc) is 2.41. The van der Waals surface area contributed by atoms with Crippen LogP contribution in [-0.2, 0) is 0 Å². The Labute approximate surface area is 118 Å². The summed E-state index contributed by atoms with van der Waals surface area (Å²) in [5.41, 5.74) is 2.44. The van der Waals surface area contributed by atoms with E-state index in [4.69, 9.17) is 5.84 Å². The van der Waals surface area contributed by atoms with Gasteiger partial charge in [0.05, 0.1) is 5.56 Å². The van der Waals surface area contributed by atoms with Gasteiger partial charge in [-0.25, -0.2) is 15.2 Å². The van der Waals surface area contributed by atoms with E-state index in [-0.39, 0.29) is 17.4 Å². The van der Waals surface area contributed by atoms with Gasteiger partial charge in [0.1, 0.15) is 0 Å². The van der Waals surface area contributed by atoms with Crippen molar-refractivity contribution in [3.05, 3.63) is 23.6 Å². The van der Waals surface area contributed by atoms with Gasteiger partial charge in [-0.15, -0.1) is 0 Å². The predicted molar refractivity (Wildman–Crippen MR) is 75.5 cm³/mol. The molecule has 0 bridgehead atoms. The first-order chi connectivity index (χ1) is 9.43. The number of anilines is 1. The van der Waals surface area contributed by atoms with Gasteiger partial charge in [0, 0.05) is 12.2 Å². The van der Waals surface area contributed by atoms with Crippen molar-refractivity contribution in [2.24, 2.45) is 11.3 Å². The molecule has 1 heterocycles. The van der Waals surface area contributed by atoms with Gasteiger partial charge in [0.2, 0.25) is 0 Å². The van der Waals surface area contributed by atoms with Crippen molar-refractivity contribution < 1.29 is 9.18 Å². The molecule has 0 spiro atoms. The van der Waals surface area contributed by atoms with Crippen LogP contribution in [0.4, 0.5) is 10.2 Å². The summed E-state index contributed by atoms with van der Waals surface area (Å²) in [5, 5.41) is 2.89. The number of amides is 1. The Balaban J connectivity index is 2.03. The van der Waals surface area contributed by atoms with Gasteiger partial charge in [0.25, 0.3) is 5.91 Å². The lowest BCUT2D eigenvalue weighted by atomic mass is 9.75. The molecule has 1 aliphatic rings. The Bertz CT molecular complexity index is 494. The number of nitrogens with one attached hydrogen (secondary N) is 2. The van der Waals surface area contributed by atoms with Gasteiger partial charge in [-0.2, -0.15) is 0 Å². The summed E-state index contributed by atoms with van der Waals surface area (Å²) in [7, 11) is 0. The van der Waals surface area contributed by atoms with E-state index >= 15 is 0 Å². The second-order valence-corrected chi connectivity index (χ2v) is 6.08. The monoisotopic (exact) mass is 280 g/mol. The number of carbonyl (C=O) groups is 1. The van der Waals surface area contributed by atoms with Crippen LogP contribution in [0.1, 0.15) is 49.9 Å². The van der Waals surface area contributed by atoms with E-state index in [1.54, 1.807) is 0 Å². The molecule has 0 saturated heterocycles. The van der Waals surface area contributed by atoms with E-state index in [1.807, 2.05) is 0 Å². The summed E-state index contributed by atoms with van der Waals surface area (Å²) in [6.45, 7) is 4.46. The second-order valence-electron chi connectivity index (χ2n) is 6.08. The Morgan fingerprint density at radius 3 is 2.70 bits per heavy atom. The Hall–Kier alpha value is -1.69. The lowest BCUT2D eigenvalue weighted by Gasteiger charge is -2.34. The predicted octanol–water partition coefficient (Wildman–Crippen LogP) is 2.20. The largest absolute Gasteiger partial charge is 0.349 e. The van der Waals surface area contributed by atoms with E-state index in [1.165, 1.54) is 12.3 Å². The van der Waals surface area contributed by atoms with Gasteiger partial charge in [-0.05, 0) is 37.2 Å². The number of rotatable bonds is 3. The van der Waals surface area contributed by atoms with Gasteiger partial charge in [0.15, 0.2) is 11.6 Å². The number of nitrogens with two attached hydrogens (primary N) is 1. The fraction of sp³-hybridized carbons (Fsp3) is 0.571. The van der Waals surface area contributed by atoms with Crippen LogP contribution in [0.2, 0.25) is 0 Å². The standard InChI is InChI=1S/C14H21FN4O/c1-14(2)6-3-9(4-7-14)18-13(20)10-5-8-17-12(19-16)11(10)15/h5,8-9H,3-4,6-7,16H2,1-2H3,(H,17,19)(H,18,20). The molecular formula is C14H21FN4O. The number of nitrogens with zero attached hydrogens (tertiary/aromatic N) is 1. The lowest BCUT2D eigenvalue weighted by molar-refractivity contribution is 0.0905. The number of pyridine rings is 1. The maximum Gasteiger partial charge on any atom is 0.254 e. The van der Waals surface area contributed by atoms with Crippen LogP contribution in [0, 0.1) is 11.2 Å². The number of nitrogen functional groups attached to an aromatic ring is 1. The normalized spacial score (nSPS) is 18.6. The number of halogens is 1. The summed E-state index contributed by atoms with van der Waals surface area (Å²) in [4.78, 5) is 15.8. The first kappa shape index (κ1) is 14.7. The van der Waals surface area contributed by atoms with Crippen molar-refractivity contribution >= 4 is 11.7 Å². The molecule has 110 valence electrons.